The highest BCUT2D eigenvalue weighted by Gasteiger charge is 2.18. The van der Waals surface area contributed by atoms with Crippen molar-refractivity contribution in [2.75, 3.05) is 13.2 Å². The molecule has 1 aromatic carbocycles. The van der Waals surface area contributed by atoms with Gasteiger partial charge >= 0.3 is 0 Å². The van der Waals surface area contributed by atoms with Gasteiger partial charge in [0, 0.05) is 11.1 Å². The van der Waals surface area contributed by atoms with E-state index >= 15 is 0 Å². The molecule has 0 radical (unpaired) electrons. The van der Waals surface area contributed by atoms with Crippen molar-refractivity contribution in [2.24, 2.45) is 0 Å². The van der Waals surface area contributed by atoms with Crippen molar-refractivity contribution in [3.63, 3.8) is 0 Å². The van der Waals surface area contributed by atoms with E-state index in [0.717, 1.165) is 29.5 Å². The van der Waals surface area contributed by atoms with E-state index in [1.807, 2.05) is 25.1 Å². The lowest BCUT2D eigenvalue weighted by atomic mass is 10.1. The molecule has 17 heavy (non-hydrogen) atoms. The third kappa shape index (κ3) is 3.07. The predicted octanol–water partition coefficient (Wildman–Crippen LogP) is 2.67. The molecule has 1 amide bonds. The van der Waals surface area contributed by atoms with E-state index in [9.17, 15) is 4.79 Å². The lowest BCUT2D eigenvalue weighted by Gasteiger charge is -2.23. The second-order valence-electron chi connectivity index (χ2n) is 4.32. The molecular weight excluding hydrogens is 282 g/mol. The van der Waals surface area contributed by atoms with Crippen LogP contribution in [0.4, 0.5) is 0 Å². The summed E-state index contributed by atoms with van der Waals surface area (Å²) in [6.45, 7) is 3.40. The van der Waals surface area contributed by atoms with Gasteiger partial charge in [-0.15, -0.1) is 0 Å². The quantitative estimate of drug-likeness (QED) is 0.911. The Balaban J connectivity index is 2.06. The molecular formula is C13H16BrNO2. The van der Waals surface area contributed by atoms with Crippen molar-refractivity contribution < 1.29 is 9.53 Å². The number of carbonyl (C=O) groups excluding carboxylic acids is 1. The van der Waals surface area contributed by atoms with Crippen molar-refractivity contribution in [3.05, 3.63) is 33.8 Å². The van der Waals surface area contributed by atoms with E-state index in [2.05, 4.69) is 21.2 Å². The van der Waals surface area contributed by atoms with E-state index < -0.39 is 0 Å². The number of hydrogen-bond donors (Lipinski definition) is 1. The van der Waals surface area contributed by atoms with Crippen LogP contribution in [0.3, 0.4) is 0 Å². The zero-order valence-electron chi connectivity index (χ0n) is 9.83. The second kappa shape index (κ2) is 5.65. The molecule has 0 aromatic heterocycles. The number of rotatable bonds is 2. The zero-order valence-corrected chi connectivity index (χ0v) is 11.4. The average Bonchev–Trinajstić information content (AvgIpc) is 2.34. The lowest BCUT2D eigenvalue weighted by molar-refractivity contribution is 0.0624. The molecule has 0 saturated carbocycles. The van der Waals surface area contributed by atoms with Crippen molar-refractivity contribution >= 4 is 21.8 Å². The summed E-state index contributed by atoms with van der Waals surface area (Å²) in [7, 11) is 0. The first-order chi connectivity index (χ1) is 8.18. The van der Waals surface area contributed by atoms with Crippen LogP contribution in [0.15, 0.2) is 22.7 Å². The molecule has 1 aliphatic heterocycles. The molecule has 92 valence electrons. The highest BCUT2D eigenvalue weighted by molar-refractivity contribution is 9.10. The summed E-state index contributed by atoms with van der Waals surface area (Å²) in [5.41, 5.74) is 1.76. The van der Waals surface area contributed by atoms with E-state index in [1.54, 1.807) is 0 Å². The number of nitrogens with one attached hydrogen (secondary N) is 1. The summed E-state index contributed by atoms with van der Waals surface area (Å²) in [6, 6.07) is 5.84. The van der Waals surface area contributed by atoms with Crippen LogP contribution in [0.2, 0.25) is 0 Å². The first kappa shape index (κ1) is 12.6. The van der Waals surface area contributed by atoms with Gasteiger partial charge in [0.25, 0.3) is 5.91 Å². The molecule has 1 atom stereocenters. The monoisotopic (exact) mass is 297 g/mol. The fourth-order valence-corrected chi connectivity index (χ4v) is 2.38. The van der Waals surface area contributed by atoms with Gasteiger partial charge in [0.15, 0.2) is 0 Å². The Hall–Kier alpha value is -0.870. The van der Waals surface area contributed by atoms with Crippen LogP contribution in [-0.2, 0) is 4.74 Å². The Morgan fingerprint density at radius 2 is 2.35 bits per heavy atom. The molecule has 0 aliphatic carbocycles. The van der Waals surface area contributed by atoms with Crippen LogP contribution in [0.5, 0.6) is 0 Å². The molecule has 1 fully saturated rings. The lowest BCUT2D eigenvalue weighted by Crippen LogP contribution is -2.40. The maximum Gasteiger partial charge on any atom is 0.252 e. The number of hydrogen-bond acceptors (Lipinski definition) is 2. The topological polar surface area (TPSA) is 38.3 Å². The molecule has 1 heterocycles. The molecule has 2 rings (SSSR count). The van der Waals surface area contributed by atoms with Gasteiger partial charge in [-0.3, -0.25) is 4.79 Å². The normalized spacial score (nSPS) is 20.0. The van der Waals surface area contributed by atoms with E-state index in [0.29, 0.717) is 12.2 Å². The molecule has 3 nitrogen and oxygen atoms in total. The number of ether oxygens (including phenoxy) is 1. The molecule has 1 saturated heterocycles. The van der Waals surface area contributed by atoms with Gasteiger partial charge in [-0.2, -0.15) is 0 Å². The van der Waals surface area contributed by atoms with Crippen LogP contribution in [-0.4, -0.2) is 25.2 Å². The number of amides is 1. The van der Waals surface area contributed by atoms with E-state index in [4.69, 9.17) is 4.74 Å². The summed E-state index contributed by atoms with van der Waals surface area (Å²) >= 11 is 3.45. The molecule has 1 aliphatic rings. The minimum atomic E-state index is -0.0314. The fraction of sp³-hybridized carbons (Fsp3) is 0.462. The number of carbonyl (C=O) groups is 1. The maximum absolute atomic E-state index is 12.1. The number of aryl methyl sites for hydroxylation is 1. The van der Waals surface area contributed by atoms with Crippen molar-refractivity contribution in [3.8, 4) is 0 Å². The summed E-state index contributed by atoms with van der Waals surface area (Å²) < 4.78 is 6.22. The minimum absolute atomic E-state index is 0.0314. The molecule has 1 N–H and O–H groups in total. The van der Waals surface area contributed by atoms with Gasteiger partial charge in [-0.1, -0.05) is 12.1 Å². The Morgan fingerprint density at radius 3 is 3.06 bits per heavy atom. The highest BCUT2D eigenvalue weighted by atomic mass is 79.9. The predicted molar refractivity (Wildman–Crippen MR) is 70.2 cm³/mol. The van der Waals surface area contributed by atoms with Gasteiger partial charge in [0.1, 0.15) is 0 Å². The Morgan fingerprint density at radius 1 is 1.53 bits per heavy atom. The average molecular weight is 298 g/mol. The van der Waals surface area contributed by atoms with E-state index in [1.165, 1.54) is 0 Å². The molecule has 4 heteroatoms. The SMILES string of the molecule is Cc1cccc(C(=O)NC2CCCOC2)c1Br. The van der Waals surface area contributed by atoms with Gasteiger partial charge in [-0.25, -0.2) is 0 Å². The summed E-state index contributed by atoms with van der Waals surface area (Å²) in [5.74, 6) is -0.0314. The van der Waals surface area contributed by atoms with Crippen LogP contribution in [0.25, 0.3) is 0 Å². The first-order valence-electron chi connectivity index (χ1n) is 5.82. The smallest absolute Gasteiger partial charge is 0.252 e. The van der Waals surface area contributed by atoms with Gasteiger partial charge in [0.2, 0.25) is 0 Å². The Kier molecular flexibility index (Phi) is 4.18. The Bertz CT molecular complexity index is 414. The van der Waals surface area contributed by atoms with Crippen LogP contribution < -0.4 is 5.32 Å². The standard InChI is InChI=1S/C13H16BrNO2/c1-9-4-2-6-11(12(9)14)13(16)15-10-5-3-7-17-8-10/h2,4,6,10H,3,5,7-8H2,1H3,(H,15,16). The van der Waals surface area contributed by atoms with Crippen LogP contribution in [0.1, 0.15) is 28.8 Å². The van der Waals surface area contributed by atoms with Crippen LogP contribution >= 0.6 is 15.9 Å². The molecule has 1 aromatic rings. The zero-order chi connectivity index (χ0) is 12.3. The maximum atomic E-state index is 12.1. The van der Waals surface area contributed by atoms with Gasteiger partial charge in [-0.05, 0) is 47.3 Å². The molecule has 1 unspecified atom stereocenters. The second-order valence-corrected chi connectivity index (χ2v) is 5.12. The van der Waals surface area contributed by atoms with Crippen molar-refractivity contribution in [2.45, 2.75) is 25.8 Å². The van der Waals surface area contributed by atoms with Crippen molar-refractivity contribution in [1.82, 2.24) is 5.32 Å². The highest BCUT2D eigenvalue weighted by Crippen LogP contribution is 2.21. The molecule has 0 spiro atoms. The summed E-state index contributed by atoms with van der Waals surface area (Å²) in [5, 5.41) is 3.01. The van der Waals surface area contributed by atoms with Gasteiger partial charge in [0.05, 0.1) is 18.2 Å². The van der Waals surface area contributed by atoms with Gasteiger partial charge < -0.3 is 10.1 Å². The third-order valence-electron chi connectivity index (χ3n) is 2.93. The molecule has 0 bridgehead atoms. The fourth-order valence-electron chi connectivity index (χ4n) is 1.94. The Labute approximate surface area is 110 Å². The minimum Gasteiger partial charge on any atom is -0.379 e. The first-order valence-corrected chi connectivity index (χ1v) is 6.61. The third-order valence-corrected chi connectivity index (χ3v) is 3.98. The number of benzene rings is 1. The van der Waals surface area contributed by atoms with Crippen LogP contribution in [0, 0.1) is 6.92 Å². The largest absolute Gasteiger partial charge is 0.379 e. The van der Waals surface area contributed by atoms with E-state index in [-0.39, 0.29) is 11.9 Å². The number of halogens is 1. The summed E-state index contributed by atoms with van der Waals surface area (Å²) in [4.78, 5) is 12.1. The summed E-state index contributed by atoms with van der Waals surface area (Å²) in [6.07, 6.45) is 2.01. The van der Waals surface area contributed by atoms with Crippen molar-refractivity contribution in [1.29, 1.82) is 0 Å².